The number of alkyl halides is 10. The average molecular weight is 415 g/mol. The van der Waals surface area contributed by atoms with E-state index in [-0.39, 0.29) is 13.1 Å². The first-order valence-corrected chi connectivity index (χ1v) is 7.30. The fourth-order valence-corrected chi connectivity index (χ4v) is 2.25. The fraction of sp³-hybridized carbons (Fsp3) is 0.571. The predicted octanol–water partition coefficient (Wildman–Crippen LogP) is 5.35. The summed E-state index contributed by atoms with van der Waals surface area (Å²) < 4.78 is 133. The largest absolute Gasteiger partial charge is 0.499 e. The average Bonchev–Trinajstić information content (AvgIpc) is 3.00. The van der Waals surface area contributed by atoms with E-state index in [0.29, 0.717) is 31.0 Å². The molecule has 2 rings (SSSR count). The number of nitrogens with zero attached hydrogens (tertiary/aromatic N) is 1. The minimum atomic E-state index is -6.06. The van der Waals surface area contributed by atoms with Crippen LogP contribution in [0.15, 0.2) is 18.2 Å². The first-order chi connectivity index (χ1) is 12.1. The van der Waals surface area contributed by atoms with Gasteiger partial charge in [0.25, 0.3) is 0 Å². The lowest BCUT2D eigenvalue weighted by atomic mass is 10.2. The summed E-state index contributed by atoms with van der Waals surface area (Å²) in [6.07, 6.45) is -22.3. The summed E-state index contributed by atoms with van der Waals surface area (Å²) >= 11 is 0. The third-order valence-electron chi connectivity index (χ3n) is 3.52. The Hall–Kier alpha value is -2.08. The van der Waals surface area contributed by atoms with Gasteiger partial charge < -0.3 is 14.4 Å². The van der Waals surface area contributed by atoms with Crippen LogP contribution in [0.1, 0.15) is 12.8 Å². The molecule has 0 saturated carbocycles. The molecule has 0 N–H and O–H groups in total. The normalized spacial score (nSPS) is 16.6. The zero-order valence-electron chi connectivity index (χ0n) is 13.1. The second-order valence-corrected chi connectivity index (χ2v) is 5.56. The van der Waals surface area contributed by atoms with Gasteiger partial charge in [-0.15, -0.1) is 0 Å². The molecule has 0 amide bonds. The summed E-state index contributed by atoms with van der Waals surface area (Å²) in [7, 11) is 0. The van der Waals surface area contributed by atoms with Gasteiger partial charge in [-0.3, -0.25) is 0 Å². The Kier molecular flexibility index (Phi) is 5.36. The molecule has 1 fully saturated rings. The van der Waals surface area contributed by atoms with Gasteiger partial charge in [0.05, 0.1) is 5.69 Å². The maximum Gasteiger partial charge on any atom is 0.499 e. The molecule has 1 heterocycles. The van der Waals surface area contributed by atoms with E-state index in [1.54, 1.807) is 0 Å². The number of rotatable bonds is 5. The SMILES string of the molecule is FC(F)(F)C(F)(F)Oc1ccc(OC(F)(F)C(F)(F)F)c(N2CCCC2)c1. The molecule has 3 nitrogen and oxygen atoms in total. The second-order valence-electron chi connectivity index (χ2n) is 5.56. The van der Waals surface area contributed by atoms with E-state index in [0.717, 1.165) is 0 Å². The number of anilines is 1. The van der Waals surface area contributed by atoms with Gasteiger partial charge in [0.15, 0.2) is 0 Å². The number of hydrogen-bond acceptors (Lipinski definition) is 3. The van der Waals surface area contributed by atoms with Crippen molar-refractivity contribution in [3.8, 4) is 11.5 Å². The van der Waals surface area contributed by atoms with Crippen LogP contribution in [0.5, 0.6) is 11.5 Å². The van der Waals surface area contributed by atoms with Crippen LogP contribution in [-0.2, 0) is 0 Å². The molecule has 1 aliphatic rings. The zero-order chi connectivity index (χ0) is 20.7. The molecule has 0 unspecified atom stereocenters. The Morgan fingerprint density at radius 1 is 0.704 bits per heavy atom. The van der Waals surface area contributed by atoms with Gasteiger partial charge in [0, 0.05) is 19.2 Å². The van der Waals surface area contributed by atoms with Crippen LogP contribution in [0.3, 0.4) is 0 Å². The van der Waals surface area contributed by atoms with Gasteiger partial charge in [-0.2, -0.15) is 43.9 Å². The Morgan fingerprint density at radius 2 is 1.19 bits per heavy atom. The van der Waals surface area contributed by atoms with Gasteiger partial charge >= 0.3 is 24.6 Å². The predicted molar refractivity (Wildman–Crippen MR) is 71.1 cm³/mol. The first-order valence-electron chi connectivity index (χ1n) is 7.30. The molecule has 0 radical (unpaired) electrons. The maximum absolute atomic E-state index is 13.1. The molecule has 1 saturated heterocycles. The van der Waals surface area contributed by atoms with Gasteiger partial charge in [-0.1, -0.05) is 0 Å². The Morgan fingerprint density at radius 3 is 1.67 bits per heavy atom. The molecule has 1 aromatic rings. The topological polar surface area (TPSA) is 21.7 Å². The lowest BCUT2D eigenvalue weighted by molar-refractivity contribution is -0.361. The minimum Gasteiger partial charge on any atom is -0.426 e. The van der Waals surface area contributed by atoms with Gasteiger partial charge in [0.2, 0.25) is 0 Å². The minimum absolute atomic E-state index is 0.146. The van der Waals surface area contributed by atoms with E-state index >= 15 is 0 Å². The number of hydrogen-bond donors (Lipinski definition) is 0. The summed E-state index contributed by atoms with van der Waals surface area (Å²) in [5.41, 5.74) is -0.521. The van der Waals surface area contributed by atoms with Crippen molar-refractivity contribution in [2.24, 2.45) is 0 Å². The third-order valence-corrected chi connectivity index (χ3v) is 3.52. The van der Waals surface area contributed by atoms with E-state index in [9.17, 15) is 43.9 Å². The third kappa shape index (κ3) is 4.61. The highest BCUT2D eigenvalue weighted by Crippen LogP contribution is 2.44. The molecular formula is C14H11F10NO2. The standard InChI is InChI=1S/C14H11F10NO2/c15-11(16,17)13(21,22)26-8-3-4-10(27-14(23,24)12(18,19)20)9(7-8)25-5-1-2-6-25/h3-4,7H,1-2,5-6H2. The molecule has 1 aromatic carbocycles. The van der Waals surface area contributed by atoms with Crippen molar-refractivity contribution in [2.45, 2.75) is 37.4 Å². The van der Waals surface area contributed by atoms with Crippen LogP contribution in [0.4, 0.5) is 49.6 Å². The van der Waals surface area contributed by atoms with Crippen molar-refractivity contribution in [1.82, 2.24) is 0 Å². The van der Waals surface area contributed by atoms with E-state index in [1.807, 2.05) is 0 Å². The van der Waals surface area contributed by atoms with E-state index in [2.05, 4.69) is 9.47 Å². The monoisotopic (exact) mass is 415 g/mol. The zero-order valence-corrected chi connectivity index (χ0v) is 13.1. The first kappa shape index (κ1) is 21.2. The quantitative estimate of drug-likeness (QED) is 0.605. The highest BCUT2D eigenvalue weighted by atomic mass is 19.4. The molecule has 1 aliphatic heterocycles. The molecule has 0 aliphatic carbocycles. The summed E-state index contributed by atoms with van der Waals surface area (Å²) in [4.78, 5) is 1.21. The molecular weight excluding hydrogens is 404 g/mol. The summed E-state index contributed by atoms with van der Waals surface area (Å²) in [5.74, 6) is -2.12. The van der Waals surface area contributed by atoms with Crippen LogP contribution >= 0.6 is 0 Å². The summed E-state index contributed by atoms with van der Waals surface area (Å²) in [6, 6.07) is 1.28. The number of ether oxygens (including phenoxy) is 2. The molecule has 0 spiro atoms. The van der Waals surface area contributed by atoms with Gasteiger partial charge in [-0.25, -0.2) is 0 Å². The Bertz CT molecular complexity index is 665. The van der Waals surface area contributed by atoms with Crippen molar-refractivity contribution in [3.63, 3.8) is 0 Å². The van der Waals surface area contributed by atoms with E-state index in [4.69, 9.17) is 0 Å². The fourth-order valence-electron chi connectivity index (χ4n) is 2.25. The van der Waals surface area contributed by atoms with Gasteiger partial charge in [-0.05, 0) is 25.0 Å². The lowest BCUT2D eigenvalue weighted by Gasteiger charge is -2.27. The van der Waals surface area contributed by atoms with Gasteiger partial charge in [0.1, 0.15) is 11.5 Å². The van der Waals surface area contributed by atoms with E-state index < -0.39 is 41.8 Å². The van der Waals surface area contributed by atoms with Crippen LogP contribution in [-0.4, -0.2) is 37.7 Å². The van der Waals surface area contributed by atoms with Crippen LogP contribution < -0.4 is 14.4 Å². The smallest absolute Gasteiger partial charge is 0.426 e. The highest BCUT2D eigenvalue weighted by Gasteiger charge is 2.62. The van der Waals surface area contributed by atoms with Crippen molar-refractivity contribution in [2.75, 3.05) is 18.0 Å². The summed E-state index contributed by atoms with van der Waals surface area (Å²) in [6.45, 7) is 0.292. The number of halogens is 10. The Labute approximate surface area is 145 Å². The van der Waals surface area contributed by atoms with Crippen molar-refractivity contribution >= 4 is 5.69 Å². The second kappa shape index (κ2) is 6.82. The lowest BCUT2D eigenvalue weighted by Crippen LogP contribution is -2.42. The van der Waals surface area contributed by atoms with Crippen molar-refractivity contribution in [3.05, 3.63) is 18.2 Å². The molecule has 0 atom stereocenters. The highest BCUT2D eigenvalue weighted by molar-refractivity contribution is 5.62. The van der Waals surface area contributed by atoms with Crippen molar-refractivity contribution in [1.29, 1.82) is 0 Å². The molecule has 0 aromatic heterocycles. The molecule has 154 valence electrons. The van der Waals surface area contributed by atoms with Crippen molar-refractivity contribution < 1.29 is 53.4 Å². The van der Waals surface area contributed by atoms with Crippen LogP contribution in [0.2, 0.25) is 0 Å². The molecule has 13 heteroatoms. The number of benzene rings is 1. The maximum atomic E-state index is 13.1. The molecule has 0 bridgehead atoms. The van der Waals surface area contributed by atoms with Crippen LogP contribution in [0, 0.1) is 0 Å². The van der Waals surface area contributed by atoms with Crippen LogP contribution in [0.25, 0.3) is 0 Å². The molecule has 27 heavy (non-hydrogen) atoms. The summed E-state index contributed by atoms with van der Waals surface area (Å²) in [5, 5.41) is 0. The van der Waals surface area contributed by atoms with E-state index in [1.165, 1.54) is 4.90 Å². The Balaban J connectivity index is 2.38.